The van der Waals surface area contributed by atoms with Crippen LogP contribution in [0.15, 0.2) is 77.1 Å². The number of Topliss-reactive ketones (excluding diaryl/α,β-unsaturated/α-hetero) is 1. The average Bonchev–Trinajstić information content (AvgIpc) is 3.25. The minimum Gasteiger partial charge on any atom is -0.290 e. The standard InChI is InChI=1S/C21H12Cl3NO2S/c22-14-8-10-15(11-9-14)25-18(16-7-4-12-28-16)17(23)19(26)21(24,20(25)27)13-5-2-1-3-6-13/h1-12H. The van der Waals surface area contributed by atoms with Crippen LogP contribution in [-0.2, 0) is 14.5 Å². The summed E-state index contributed by atoms with van der Waals surface area (Å²) in [6, 6.07) is 18.9. The van der Waals surface area contributed by atoms with Crippen molar-refractivity contribution in [2.24, 2.45) is 0 Å². The summed E-state index contributed by atoms with van der Waals surface area (Å²) in [4.78, 5) is 27.0. The van der Waals surface area contributed by atoms with Gasteiger partial charge in [-0.25, -0.2) is 0 Å². The molecule has 0 bridgehead atoms. The Hall–Kier alpha value is -2.11. The maximum Gasteiger partial charge on any atom is 0.265 e. The lowest BCUT2D eigenvalue weighted by molar-refractivity contribution is -0.129. The summed E-state index contributed by atoms with van der Waals surface area (Å²) in [6.07, 6.45) is 0. The zero-order chi connectivity index (χ0) is 19.9. The van der Waals surface area contributed by atoms with Crippen LogP contribution in [-0.4, -0.2) is 11.7 Å². The third kappa shape index (κ3) is 2.97. The van der Waals surface area contributed by atoms with Gasteiger partial charge in [-0.05, 0) is 41.3 Å². The number of anilines is 1. The number of hydrogen-bond donors (Lipinski definition) is 0. The van der Waals surface area contributed by atoms with E-state index in [4.69, 9.17) is 34.8 Å². The summed E-state index contributed by atoms with van der Waals surface area (Å²) < 4.78 is 0. The summed E-state index contributed by atoms with van der Waals surface area (Å²) in [7, 11) is 0. The van der Waals surface area contributed by atoms with E-state index in [-0.39, 0.29) is 5.03 Å². The SMILES string of the molecule is O=C1C(Cl)=C(c2cccs2)N(c2ccc(Cl)cc2)C(=O)C1(Cl)c1ccccc1. The number of hydrogen-bond acceptors (Lipinski definition) is 3. The van der Waals surface area contributed by atoms with Crippen molar-refractivity contribution in [2.45, 2.75) is 4.87 Å². The summed E-state index contributed by atoms with van der Waals surface area (Å²) in [5.74, 6) is -1.22. The Labute approximate surface area is 180 Å². The molecule has 0 saturated carbocycles. The zero-order valence-electron chi connectivity index (χ0n) is 14.2. The first kappa shape index (κ1) is 19.2. The first-order chi connectivity index (χ1) is 13.4. The first-order valence-corrected chi connectivity index (χ1v) is 10.3. The highest BCUT2D eigenvalue weighted by atomic mass is 35.5. The fourth-order valence-corrected chi connectivity index (χ4v) is 4.73. The van der Waals surface area contributed by atoms with Gasteiger partial charge in [-0.2, -0.15) is 0 Å². The topological polar surface area (TPSA) is 37.4 Å². The van der Waals surface area contributed by atoms with Crippen molar-refractivity contribution >= 4 is 69.2 Å². The Morgan fingerprint density at radius 3 is 2.14 bits per heavy atom. The fourth-order valence-electron chi connectivity index (χ4n) is 3.10. The molecule has 140 valence electrons. The van der Waals surface area contributed by atoms with Crippen molar-refractivity contribution < 1.29 is 9.59 Å². The molecule has 1 atom stereocenters. The van der Waals surface area contributed by atoms with Crippen molar-refractivity contribution in [1.29, 1.82) is 0 Å². The van der Waals surface area contributed by atoms with Crippen LogP contribution in [0, 0.1) is 0 Å². The second kappa shape index (κ2) is 7.37. The van der Waals surface area contributed by atoms with Crippen LogP contribution in [0.25, 0.3) is 5.70 Å². The van der Waals surface area contributed by atoms with Gasteiger partial charge in [-0.15, -0.1) is 11.3 Å². The second-order valence-corrected chi connectivity index (χ2v) is 8.44. The van der Waals surface area contributed by atoms with Gasteiger partial charge in [0.1, 0.15) is 5.03 Å². The lowest BCUT2D eigenvalue weighted by Gasteiger charge is -2.38. The molecule has 0 fully saturated rings. The molecule has 0 aliphatic carbocycles. The number of rotatable bonds is 3. The number of benzene rings is 2. The fraction of sp³-hybridized carbons (Fsp3) is 0.0476. The molecule has 0 N–H and O–H groups in total. The predicted octanol–water partition coefficient (Wildman–Crippen LogP) is 6.06. The van der Waals surface area contributed by atoms with E-state index in [0.29, 0.717) is 26.8 Å². The molecule has 2 aromatic carbocycles. The maximum absolute atomic E-state index is 13.6. The van der Waals surface area contributed by atoms with Gasteiger partial charge in [-0.1, -0.05) is 71.2 Å². The third-order valence-corrected chi connectivity index (χ3v) is 6.48. The monoisotopic (exact) mass is 447 g/mol. The van der Waals surface area contributed by atoms with Gasteiger partial charge >= 0.3 is 0 Å². The third-order valence-electron chi connectivity index (χ3n) is 4.45. The van der Waals surface area contributed by atoms with Crippen molar-refractivity contribution in [1.82, 2.24) is 0 Å². The quantitative estimate of drug-likeness (QED) is 0.361. The van der Waals surface area contributed by atoms with Crippen molar-refractivity contribution in [3.63, 3.8) is 0 Å². The van der Waals surface area contributed by atoms with E-state index in [1.165, 1.54) is 16.2 Å². The number of thiophene rings is 1. The normalized spacial score (nSPS) is 20.0. The lowest BCUT2D eigenvalue weighted by atomic mass is 9.87. The number of allylic oxidation sites excluding steroid dienone is 1. The van der Waals surface area contributed by atoms with Crippen LogP contribution in [0.1, 0.15) is 10.4 Å². The summed E-state index contributed by atoms with van der Waals surface area (Å²) >= 11 is 20.6. The molecule has 1 aliphatic rings. The van der Waals surface area contributed by atoms with Gasteiger partial charge in [0.05, 0.1) is 10.6 Å². The number of ketones is 1. The van der Waals surface area contributed by atoms with Gasteiger partial charge in [0.2, 0.25) is 10.7 Å². The van der Waals surface area contributed by atoms with Crippen LogP contribution < -0.4 is 4.90 Å². The molecule has 1 amide bonds. The van der Waals surface area contributed by atoms with E-state index in [1.54, 1.807) is 60.7 Å². The zero-order valence-corrected chi connectivity index (χ0v) is 17.3. The van der Waals surface area contributed by atoms with Crippen molar-refractivity contribution in [3.8, 4) is 0 Å². The maximum atomic E-state index is 13.6. The molecule has 2 heterocycles. The molecular formula is C21H12Cl3NO2S. The van der Waals surface area contributed by atoms with Gasteiger partial charge in [0.25, 0.3) is 5.91 Å². The number of nitrogens with zero attached hydrogens (tertiary/aromatic N) is 1. The van der Waals surface area contributed by atoms with E-state index in [2.05, 4.69) is 0 Å². The van der Waals surface area contributed by atoms with Crippen molar-refractivity contribution in [3.05, 3.63) is 92.6 Å². The van der Waals surface area contributed by atoms with Gasteiger partial charge < -0.3 is 0 Å². The predicted molar refractivity (Wildman–Crippen MR) is 115 cm³/mol. The van der Waals surface area contributed by atoms with Gasteiger partial charge in [0.15, 0.2) is 0 Å². The Morgan fingerprint density at radius 2 is 1.54 bits per heavy atom. The molecule has 0 saturated heterocycles. The molecule has 7 heteroatoms. The summed E-state index contributed by atoms with van der Waals surface area (Å²) in [5.41, 5.74) is 1.21. The Kier molecular flexibility index (Phi) is 5.06. The number of alkyl halides is 1. The highest BCUT2D eigenvalue weighted by molar-refractivity contribution is 7.11. The molecule has 1 aliphatic heterocycles. The molecule has 3 aromatic rings. The number of carbonyl (C=O) groups is 2. The highest BCUT2D eigenvalue weighted by Gasteiger charge is 2.54. The van der Waals surface area contributed by atoms with E-state index in [1.807, 2.05) is 11.4 Å². The van der Waals surface area contributed by atoms with E-state index < -0.39 is 16.6 Å². The number of amides is 1. The molecule has 4 rings (SSSR count). The van der Waals surface area contributed by atoms with Crippen LogP contribution in [0.4, 0.5) is 5.69 Å². The molecule has 3 nitrogen and oxygen atoms in total. The van der Waals surface area contributed by atoms with Crippen LogP contribution in [0.5, 0.6) is 0 Å². The summed E-state index contributed by atoms with van der Waals surface area (Å²) in [6.45, 7) is 0. The molecule has 1 aromatic heterocycles. The molecule has 0 radical (unpaired) electrons. The molecule has 0 spiro atoms. The van der Waals surface area contributed by atoms with Crippen molar-refractivity contribution in [2.75, 3.05) is 4.90 Å². The average molecular weight is 449 g/mol. The van der Waals surface area contributed by atoms with Crippen LogP contribution in [0.3, 0.4) is 0 Å². The van der Waals surface area contributed by atoms with E-state index in [9.17, 15) is 9.59 Å². The Balaban J connectivity index is 1.99. The molecule has 28 heavy (non-hydrogen) atoms. The van der Waals surface area contributed by atoms with E-state index in [0.717, 1.165) is 0 Å². The van der Waals surface area contributed by atoms with Crippen LogP contribution >= 0.6 is 46.1 Å². The minimum absolute atomic E-state index is 0.0872. The number of carbonyl (C=O) groups excluding carboxylic acids is 2. The summed E-state index contributed by atoms with van der Waals surface area (Å²) in [5, 5.41) is 2.29. The smallest absolute Gasteiger partial charge is 0.265 e. The minimum atomic E-state index is -1.95. The second-order valence-electron chi connectivity index (χ2n) is 6.11. The van der Waals surface area contributed by atoms with Crippen LogP contribution in [0.2, 0.25) is 5.02 Å². The molecule has 1 unspecified atom stereocenters. The number of halogens is 3. The van der Waals surface area contributed by atoms with E-state index >= 15 is 0 Å². The first-order valence-electron chi connectivity index (χ1n) is 8.27. The molecular weight excluding hydrogens is 437 g/mol. The largest absolute Gasteiger partial charge is 0.290 e. The van der Waals surface area contributed by atoms with Gasteiger partial charge in [0, 0.05) is 10.7 Å². The highest BCUT2D eigenvalue weighted by Crippen LogP contribution is 2.46. The van der Waals surface area contributed by atoms with Gasteiger partial charge in [-0.3, -0.25) is 14.5 Å². The Bertz CT molecular complexity index is 1080. The Morgan fingerprint density at radius 1 is 0.857 bits per heavy atom. The lowest BCUT2D eigenvalue weighted by Crippen LogP contribution is -2.52.